The summed E-state index contributed by atoms with van der Waals surface area (Å²) >= 11 is 4.60. The average Bonchev–Trinajstić information content (AvgIpc) is 2.10. The fourth-order valence-corrected chi connectivity index (χ4v) is 1.67. The van der Waals surface area contributed by atoms with Gasteiger partial charge in [-0.3, -0.25) is 0 Å². The highest BCUT2D eigenvalue weighted by molar-refractivity contribution is 8.06. The average molecular weight is 273 g/mol. The smallest absolute Gasteiger partial charge is 0.130 e. The third-order valence-electron chi connectivity index (χ3n) is 1.73. The van der Waals surface area contributed by atoms with Gasteiger partial charge in [-0.25, -0.2) is 0 Å². The lowest BCUT2D eigenvalue weighted by Crippen LogP contribution is -2.43. The number of quaternary nitrogens is 1. The summed E-state index contributed by atoms with van der Waals surface area (Å²) in [6, 6.07) is 0. The van der Waals surface area contributed by atoms with Crippen molar-refractivity contribution in [2.75, 3.05) is 48.5 Å². The van der Waals surface area contributed by atoms with Crippen LogP contribution in [0.5, 0.6) is 0 Å². The number of ether oxygens (including phenoxy) is 1. The Bertz CT molecular complexity index is 232. The number of likely N-dealkylation sites (N-methyl/N-ethyl adjacent to an activating group) is 1. The second kappa shape index (κ2) is 7.71. The zero-order chi connectivity index (χ0) is 12.1. The molecule has 0 aromatic heterocycles. The summed E-state index contributed by atoms with van der Waals surface area (Å²) in [7, 11) is 8.97. The Balaban J connectivity index is 0. The summed E-state index contributed by atoms with van der Waals surface area (Å²) in [5.74, 6) is 0. The standard InChI is InChI=1S/C8H20NO4PS.CH4/c1-9(2,3)6-8(11-4)7-13-14(10,15)12-5;/h8H,6-7H2,1-5H3;1H4. The highest BCUT2D eigenvalue weighted by Gasteiger charge is 2.18. The van der Waals surface area contributed by atoms with Crippen LogP contribution < -0.4 is 4.89 Å². The van der Waals surface area contributed by atoms with Crippen molar-refractivity contribution in [1.82, 2.24) is 0 Å². The highest BCUT2D eigenvalue weighted by atomic mass is 32.5. The summed E-state index contributed by atoms with van der Waals surface area (Å²) in [6.07, 6.45) is -0.142. The van der Waals surface area contributed by atoms with Crippen LogP contribution in [0.25, 0.3) is 0 Å². The molecule has 7 heteroatoms. The van der Waals surface area contributed by atoms with Crippen molar-refractivity contribution in [3.8, 4) is 0 Å². The van der Waals surface area contributed by atoms with Gasteiger partial charge < -0.3 is 23.2 Å². The van der Waals surface area contributed by atoms with Crippen molar-refractivity contribution in [2.24, 2.45) is 0 Å². The van der Waals surface area contributed by atoms with E-state index in [-0.39, 0.29) is 20.1 Å². The first-order valence-electron chi connectivity index (χ1n) is 4.55. The van der Waals surface area contributed by atoms with Crippen LogP contribution in [0.2, 0.25) is 0 Å². The summed E-state index contributed by atoms with van der Waals surface area (Å²) in [5.41, 5.74) is 0. The molecule has 2 atom stereocenters. The first-order valence-corrected chi connectivity index (χ1v) is 7.10. The maximum absolute atomic E-state index is 11.3. The monoisotopic (exact) mass is 273 g/mol. The van der Waals surface area contributed by atoms with Gasteiger partial charge in [-0.15, -0.1) is 0 Å². The van der Waals surface area contributed by atoms with Crippen LogP contribution in [-0.4, -0.2) is 59.1 Å². The topological polar surface area (TPSA) is 50.8 Å². The van der Waals surface area contributed by atoms with E-state index < -0.39 is 6.72 Å². The van der Waals surface area contributed by atoms with Crippen LogP contribution in [0, 0.1) is 0 Å². The van der Waals surface area contributed by atoms with E-state index in [1.54, 1.807) is 7.11 Å². The molecular formula is C9H24NO4PS. The van der Waals surface area contributed by atoms with Gasteiger partial charge >= 0.3 is 0 Å². The van der Waals surface area contributed by atoms with Gasteiger partial charge in [0.15, 0.2) is 0 Å². The highest BCUT2D eigenvalue weighted by Crippen LogP contribution is 2.37. The lowest BCUT2D eigenvalue weighted by Gasteiger charge is -2.31. The number of nitrogens with zero attached hydrogens (tertiary/aromatic N) is 1. The van der Waals surface area contributed by atoms with Crippen molar-refractivity contribution in [3.63, 3.8) is 0 Å². The van der Waals surface area contributed by atoms with Gasteiger partial charge in [0.1, 0.15) is 19.4 Å². The fraction of sp³-hybridized carbons (Fsp3) is 1.00. The van der Waals surface area contributed by atoms with Crippen molar-refractivity contribution in [2.45, 2.75) is 13.5 Å². The van der Waals surface area contributed by atoms with Gasteiger partial charge in [-0.1, -0.05) is 19.2 Å². The quantitative estimate of drug-likeness (QED) is 0.502. The van der Waals surface area contributed by atoms with Crippen LogP contribution in [0.1, 0.15) is 7.43 Å². The molecular weight excluding hydrogens is 249 g/mol. The van der Waals surface area contributed by atoms with Crippen LogP contribution in [0.4, 0.5) is 0 Å². The van der Waals surface area contributed by atoms with E-state index in [2.05, 4.69) is 16.3 Å². The zero-order valence-electron chi connectivity index (χ0n) is 9.93. The number of rotatable bonds is 7. The summed E-state index contributed by atoms with van der Waals surface area (Å²) < 4.78 is 15.5. The van der Waals surface area contributed by atoms with Gasteiger partial charge in [0.2, 0.25) is 0 Å². The second-order valence-corrected chi connectivity index (χ2v) is 7.12. The van der Waals surface area contributed by atoms with E-state index in [1.807, 2.05) is 21.1 Å². The third-order valence-corrected chi connectivity index (χ3v) is 3.40. The molecule has 0 saturated carbocycles. The van der Waals surface area contributed by atoms with Crippen LogP contribution in [0.3, 0.4) is 0 Å². The maximum atomic E-state index is 11.3. The summed E-state index contributed by atoms with van der Waals surface area (Å²) in [6.45, 7) is -2.38. The SMILES string of the molecule is C.COC(COP([O-])(=S)OC)C[N+](C)(C)C. The van der Waals surface area contributed by atoms with Crippen molar-refractivity contribution in [1.29, 1.82) is 0 Å². The largest absolute Gasteiger partial charge is 0.780 e. The van der Waals surface area contributed by atoms with Crippen LogP contribution in [-0.2, 0) is 25.6 Å². The number of hydrogen-bond acceptors (Lipinski definition) is 5. The normalized spacial score (nSPS) is 17.4. The molecule has 0 aromatic carbocycles. The molecule has 0 N–H and O–H groups in total. The Kier molecular flexibility index (Phi) is 9.07. The predicted octanol–water partition coefficient (Wildman–Crippen LogP) is 0.592. The number of hydrogen-bond donors (Lipinski definition) is 0. The molecule has 5 nitrogen and oxygen atoms in total. The molecule has 0 bridgehead atoms. The first kappa shape index (κ1) is 18.8. The first-order chi connectivity index (χ1) is 6.70. The summed E-state index contributed by atoms with van der Waals surface area (Å²) in [5, 5.41) is 0. The van der Waals surface area contributed by atoms with E-state index in [1.165, 1.54) is 7.11 Å². The van der Waals surface area contributed by atoms with Gasteiger partial charge in [0.25, 0.3) is 0 Å². The molecule has 0 aromatic rings. The van der Waals surface area contributed by atoms with E-state index >= 15 is 0 Å². The Hall–Kier alpha value is 0.450. The van der Waals surface area contributed by atoms with Crippen molar-refractivity contribution >= 4 is 18.5 Å². The third kappa shape index (κ3) is 9.66. The predicted molar refractivity (Wildman–Crippen MR) is 67.7 cm³/mol. The fourth-order valence-electron chi connectivity index (χ4n) is 1.03. The molecule has 0 aliphatic heterocycles. The zero-order valence-corrected chi connectivity index (χ0v) is 11.6. The van der Waals surface area contributed by atoms with Gasteiger partial charge in [-0.2, -0.15) is 0 Å². The molecule has 0 saturated heterocycles. The lowest BCUT2D eigenvalue weighted by atomic mass is 10.3. The Morgan fingerprint density at radius 1 is 1.31 bits per heavy atom. The minimum Gasteiger partial charge on any atom is -0.780 e. The molecule has 0 fully saturated rings. The number of methoxy groups -OCH3 is 1. The molecule has 0 aliphatic carbocycles. The second-order valence-electron chi connectivity index (χ2n) is 4.26. The van der Waals surface area contributed by atoms with E-state index in [0.717, 1.165) is 11.0 Å². The van der Waals surface area contributed by atoms with Crippen molar-refractivity contribution in [3.05, 3.63) is 0 Å². The Labute approximate surface area is 104 Å². The van der Waals surface area contributed by atoms with Crippen LogP contribution >= 0.6 is 6.72 Å². The minimum absolute atomic E-state index is 0. The Morgan fingerprint density at radius 3 is 2.12 bits per heavy atom. The van der Waals surface area contributed by atoms with E-state index in [0.29, 0.717) is 0 Å². The molecule has 2 unspecified atom stereocenters. The van der Waals surface area contributed by atoms with Gasteiger partial charge in [0, 0.05) is 14.2 Å². The molecule has 0 heterocycles. The molecule has 0 amide bonds. The molecule has 16 heavy (non-hydrogen) atoms. The van der Waals surface area contributed by atoms with E-state index in [9.17, 15) is 4.89 Å². The molecule has 0 rings (SSSR count). The van der Waals surface area contributed by atoms with Crippen molar-refractivity contribution < 1.29 is 23.2 Å². The van der Waals surface area contributed by atoms with E-state index in [4.69, 9.17) is 9.26 Å². The summed E-state index contributed by atoms with van der Waals surface area (Å²) in [4.78, 5) is 11.3. The van der Waals surface area contributed by atoms with Gasteiger partial charge in [0.05, 0.1) is 27.7 Å². The minimum atomic E-state index is -3.31. The maximum Gasteiger partial charge on any atom is 0.130 e. The van der Waals surface area contributed by atoms with Crippen LogP contribution in [0.15, 0.2) is 0 Å². The molecule has 100 valence electrons. The lowest BCUT2D eigenvalue weighted by molar-refractivity contribution is -0.873. The van der Waals surface area contributed by atoms with Gasteiger partial charge in [-0.05, 0) is 0 Å². The molecule has 0 radical (unpaired) electrons. The molecule has 0 spiro atoms. The Morgan fingerprint density at radius 2 is 1.81 bits per heavy atom. The molecule has 0 aliphatic rings.